The molecule has 0 aliphatic heterocycles. The van der Waals surface area contributed by atoms with E-state index in [1.54, 1.807) is 10.9 Å². The van der Waals surface area contributed by atoms with E-state index in [1.807, 2.05) is 25.3 Å². The third-order valence-electron chi connectivity index (χ3n) is 3.66. The fraction of sp³-hybridized carbons (Fsp3) is 0.176. The normalized spacial score (nSPS) is 10.8. The fourth-order valence-electron chi connectivity index (χ4n) is 2.26. The van der Waals surface area contributed by atoms with Crippen LogP contribution in [0, 0.1) is 20.8 Å². The summed E-state index contributed by atoms with van der Waals surface area (Å²) in [6.07, 6.45) is 3.59. The number of nitrogens with zero attached hydrogens (tertiary/aromatic N) is 3. The van der Waals surface area contributed by atoms with Gasteiger partial charge in [0.2, 0.25) is 0 Å². The Labute approximate surface area is 124 Å². The van der Waals surface area contributed by atoms with Crippen molar-refractivity contribution in [2.45, 2.75) is 20.8 Å². The van der Waals surface area contributed by atoms with E-state index in [9.17, 15) is 0 Å². The zero-order chi connectivity index (χ0) is 15.0. The average Bonchev–Trinajstić information content (AvgIpc) is 2.84. The number of anilines is 1. The van der Waals surface area contributed by atoms with Crippen LogP contribution >= 0.6 is 0 Å². The molecule has 2 aromatic heterocycles. The van der Waals surface area contributed by atoms with Crippen molar-refractivity contribution >= 4 is 5.69 Å². The number of hydrogen-bond donors (Lipinski definition) is 1. The highest BCUT2D eigenvalue weighted by Crippen LogP contribution is 2.26. The minimum atomic E-state index is 0.654. The Bertz CT molecular complexity index is 802. The van der Waals surface area contributed by atoms with Crippen LogP contribution < -0.4 is 5.73 Å². The van der Waals surface area contributed by atoms with E-state index in [0.717, 1.165) is 22.6 Å². The number of aryl methyl sites for hydroxylation is 3. The van der Waals surface area contributed by atoms with E-state index in [0.29, 0.717) is 5.69 Å². The van der Waals surface area contributed by atoms with Gasteiger partial charge in [0.25, 0.3) is 0 Å². The number of rotatable bonds is 2. The van der Waals surface area contributed by atoms with Gasteiger partial charge < -0.3 is 5.73 Å². The Kier molecular flexibility index (Phi) is 3.22. The Balaban J connectivity index is 2.07. The third-order valence-corrected chi connectivity index (χ3v) is 3.66. The van der Waals surface area contributed by atoms with Gasteiger partial charge in [-0.2, -0.15) is 5.10 Å². The van der Waals surface area contributed by atoms with Crippen molar-refractivity contribution in [1.29, 1.82) is 0 Å². The van der Waals surface area contributed by atoms with Gasteiger partial charge in [-0.15, -0.1) is 0 Å². The number of pyridine rings is 1. The largest absolute Gasteiger partial charge is 0.396 e. The van der Waals surface area contributed by atoms with Crippen molar-refractivity contribution in [3.63, 3.8) is 0 Å². The minimum Gasteiger partial charge on any atom is -0.396 e. The molecule has 0 fully saturated rings. The molecule has 0 amide bonds. The summed E-state index contributed by atoms with van der Waals surface area (Å²) in [5, 5.41) is 4.59. The maximum absolute atomic E-state index is 6.13. The van der Waals surface area contributed by atoms with Crippen molar-refractivity contribution in [3.05, 3.63) is 59.4 Å². The third kappa shape index (κ3) is 2.52. The smallest absolute Gasteiger partial charge is 0.153 e. The van der Waals surface area contributed by atoms with Crippen molar-refractivity contribution in [2.75, 3.05) is 5.73 Å². The molecule has 0 bridgehead atoms. The second-order valence-corrected chi connectivity index (χ2v) is 5.37. The zero-order valence-corrected chi connectivity index (χ0v) is 12.5. The van der Waals surface area contributed by atoms with Crippen LogP contribution in [-0.2, 0) is 0 Å². The summed E-state index contributed by atoms with van der Waals surface area (Å²) in [6, 6.07) is 10.2. The first-order valence-electron chi connectivity index (χ1n) is 6.90. The molecule has 0 aliphatic rings. The maximum Gasteiger partial charge on any atom is 0.153 e. The average molecular weight is 278 g/mol. The Hall–Kier alpha value is -2.62. The predicted molar refractivity (Wildman–Crippen MR) is 85.4 cm³/mol. The van der Waals surface area contributed by atoms with Crippen LogP contribution in [0.4, 0.5) is 5.69 Å². The van der Waals surface area contributed by atoms with Gasteiger partial charge in [-0.25, -0.2) is 9.67 Å². The SMILES string of the molecule is Cc1ccnc(-n2cc(N)c(-c3ccc(C)c(C)c3)n2)c1. The first-order chi connectivity index (χ1) is 10.0. The second kappa shape index (κ2) is 5.05. The first-order valence-corrected chi connectivity index (χ1v) is 6.90. The lowest BCUT2D eigenvalue weighted by Crippen LogP contribution is -1.98. The molecule has 21 heavy (non-hydrogen) atoms. The van der Waals surface area contributed by atoms with Crippen LogP contribution in [0.15, 0.2) is 42.7 Å². The van der Waals surface area contributed by atoms with Gasteiger partial charge in [0.05, 0.1) is 11.9 Å². The summed E-state index contributed by atoms with van der Waals surface area (Å²) in [7, 11) is 0. The molecule has 0 unspecified atom stereocenters. The summed E-state index contributed by atoms with van der Waals surface area (Å²) in [5.41, 5.74) is 12.2. The molecule has 0 atom stereocenters. The minimum absolute atomic E-state index is 0.654. The van der Waals surface area contributed by atoms with E-state index in [2.05, 4.69) is 42.1 Å². The van der Waals surface area contributed by atoms with E-state index < -0.39 is 0 Å². The summed E-state index contributed by atoms with van der Waals surface area (Å²) in [4.78, 5) is 4.33. The molecule has 0 radical (unpaired) electrons. The molecule has 4 heteroatoms. The van der Waals surface area contributed by atoms with Crippen LogP contribution in [-0.4, -0.2) is 14.8 Å². The molecule has 4 nitrogen and oxygen atoms in total. The van der Waals surface area contributed by atoms with E-state index >= 15 is 0 Å². The highest BCUT2D eigenvalue weighted by molar-refractivity contribution is 5.73. The monoisotopic (exact) mass is 278 g/mol. The quantitative estimate of drug-likeness (QED) is 0.781. The number of nitrogen functional groups attached to an aromatic ring is 1. The van der Waals surface area contributed by atoms with E-state index in [-0.39, 0.29) is 0 Å². The van der Waals surface area contributed by atoms with Crippen LogP contribution in [0.3, 0.4) is 0 Å². The van der Waals surface area contributed by atoms with Crippen LogP contribution in [0.5, 0.6) is 0 Å². The first kappa shape index (κ1) is 13.4. The summed E-state index contributed by atoms with van der Waals surface area (Å²) in [6.45, 7) is 6.22. The van der Waals surface area contributed by atoms with Gasteiger partial charge in [0.1, 0.15) is 5.69 Å². The molecule has 0 spiro atoms. The Morgan fingerprint density at radius 1 is 1.00 bits per heavy atom. The van der Waals surface area contributed by atoms with Crippen molar-refractivity contribution in [3.8, 4) is 17.1 Å². The van der Waals surface area contributed by atoms with Crippen molar-refractivity contribution in [2.24, 2.45) is 0 Å². The lowest BCUT2D eigenvalue weighted by molar-refractivity contribution is 0.848. The standard InChI is InChI=1S/C17H18N4/c1-11-6-7-19-16(8-11)21-10-15(18)17(20-21)14-5-4-12(2)13(3)9-14/h4-10H,18H2,1-3H3. The number of aromatic nitrogens is 3. The van der Waals surface area contributed by atoms with Crippen LogP contribution in [0.25, 0.3) is 17.1 Å². The van der Waals surface area contributed by atoms with E-state index in [1.165, 1.54) is 11.1 Å². The molecule has 2 heterocycles. The Morgan fingerprint density at radius 3 is 2.52 bits per heavy atom. The van der Waals surface area contributed by atoms with Crippen molar-refractivity contribution < 1.29 is 0 Å². The highest BCUT2D eigenvalue weighted by Gasteiger charge is 2.11. The molecule has 106 valence electrons. The Morgan fingerprint density at radius 2 is 1.81 bits per heavy atom. The van der Waals surface area contributed by atoms with Gasteiger partial charge in [0, 0.05) is 11.8 Å². The molecule has 3 rings (SSSR count). The topological polar surface area (TPSA) is 56.7 Å². The lowest BCUT2D eigenvalue weighted by atomic mass is 10.0. The van der Waals surface area contributed by atoms with E-state index in [4.69, 9.17) is 5.73 Å². The predicted octanol–water partition coefficient (Wildman–Crippen LogP) is 3.44. The number of hydrogen-bond acceptors (Lipinski definition) is 3. The lowest BCUT2D eigenvalue weighted by Gasteiger charge is -2.04. The number of nitrogens with two attached hydrogens (primary N) is 1. The highest BCUT2D eigenvalue weighted by atomic mass is 15.3. The van der Waals surface area contributed by atoms with Gasteiger partial charge in [-0.05, 0) is 55.7 Å². The summed E-state index contributed by atoms with van der Waals surface area (Å²) < 4.78 is 1.73. The fourth-order valence-corrected chi connectivity index (χ4v) is 2.26. The van der Waals surface area contributed by atoms with Gasteiger partial charge in [-0.3, -0.25) is 0 Å². The molecule has 0 aliphatic carbocycles. The summed E-state index contributed by atoms with van der Waals surface area (Å²) in [5.74, 6) is 0.775. The zero-order valence-electron chi connectivity index (χ0n) is 12.5. The molecule has 1 aromatic carbocycles. The molecule has 0 saturated heterocycles. The second-order valence-electron chi connectivity index (χ2n) is 5.37. The van der Waals surface area contributed by atoms with Crippen LogP contribution in [0.2, 0.25) is 0 Å². The molecular formula is C17H18N4. The number of benzene rings is 1. The summed E-state index contributed by atoms with van der Waals surface area (Å²) >= 11 is 0. The van der Waals surface area contributed by atoms with Crippen molar-refractivity contribution in [1.82, 2.24) is 14.8 Å². The molecule has 2 N–H and O–H groups in total. The molecule has 0 saturated carbocycles. The van der Waals surface area contributed by atoms with Crippen LogP contribution in [0.1, 0.15) is 16.7 Å². The molecule has 3 aromatic rings. The maximum atomic E-state index is 6.13. The van der Waals surface area contributed by atoms with Gasteiger partial charge in [-0.1, -0.05) is 12.1 Å². The molecular weight excluding hydrogens is 260 g/mol. The van der Waals surface area contributed by atoms with Gasteiger partial charge in [0.15, 0.2) is 5.82 Å². The van der Waals surface area contributed by atoms with Gasteiger partial charge >= 0.3 is 0 Å².